The van der Waals surface area contributed by atoms with Crippen molar-refractivity contribution in [1.82, 2.24) is 9.21 Å². The second-order valence-corrected chi connectivity index (χ2v) is 10.5. The summed E-state index contributed by atoms with van der Waals surface area (Å²) in [5, 5.41) is 0.256. The van der Waals surface area contributed by atoms with E-state index in [-0.39, 0.29) is 27.4 Å². The lowest BCUT2D eigenvalue weighted by Crippen LogP contribution is -2.41. The molecule has 1 saturated carbocycles. The standard InChI is InChI=1S/C23H27ClN2O4S/c1-17(19-7-8-19)26(16-18-5-3-2-4-6-18)23(27)21-15-20(9-10-22(21)24)31(28,29)25-11-13-30-14-12-25/h2-6,9-10,15,17,19H,7-8,11-14,16H2,1H3. The van der Waals surface area contributed by atoms with Gasteiger partial charge in [-0.25, -0.2) is 8.42 Å². The number of ether oxygens (including phenoxy) is 1. The van der Waals surface area contributed by atoms with Crippen LogP contribution in [0.2, 0.25) is 5.02 Å². The van der Waals surface area contributed by atoms with E-state index in [1.165, 1.54) is 22.5 Å². The van der Waals surface area contributed by atoms with Crippen LogP contribution in [0.4, 0.5) is 0 Å². The van der Waals surface area contributed by atoms with Crippen LogP contribution < -0.4 is 0 Å². The fourth-order valence-corrected chi connectivity index (χ4v) is 5.57. The van der Waals surface area contributed by atoms with E-state index in [4.69, 9.17) is 16.3 Å². The summed E-state index contributed by atoms with van der Waals surface area (Å²) in [6.07, 6.45) is 2.19. The zero-order valence-corrected chi connectivity index (χ0v) is 19.1. The number of benzene rings is 2. The highest BCUT2D eigenvalue weighted by Crippen LogP contribution is 2.37. The number of hydrogen-bond donors (Lipinski definition) is 0. The molecule has 0 radical (unpaired) electrons. The molecule has 1 aliphatic carbocycles. The van der Waals surface area contributed by atoms with Crippen LogP contribution >= 0.6 is 11.6 Å². The summed E-state index contributed by atoms with van der Waals surface area (Å²) in [6, 6.07) is 14.2. The summed E-state index contributed by atoms with van der Waals surface area (Å²) >= 11 is 6.40. The molecule has 1 atom stereocenters. The third kappa shape index (κ3) is 4.95. The van der Waals surface area contributed by atoms with Crippen molar-refractivity contribution in [2.75, 3.05) is 26.3 Å². The van der Waals surface area contributed by atoms with Crippen LogP contribution in [0.15, 0.2) is 53.4 Å². The van der Waals surface area contributed by atoms with Crippen molar-refractivity contribution in [2.45, 2.75) is 37.2 Å². The molecule has 0 spiro atoms. The first-order valence-corrected chi connectivity index (χ1v) is 12.4. The van der Waals surface area contributed by atoms with Crippen molar-refractivity contribution in [3.63, 3.8) is 0 Å². The van der Waals surface area contributed by atoms with E-state index in [9.17, 15) is 13.2 Å². The molecule has 2 fully saturated rings. The van der Waals surface area contributed by atoms with Gasteiger partial charge in [0.1, 0.15) is 0 Å². The lowest BCUT2D eigenvalue weighted by Gasteiger charge is -2.30. The molecule has 0 aromatic heterocycles. The Morgan fingerprint density at radius 3 is 2.48 bits per heavy atom. The minimum atomic E-state index is -3.72. The van der Waals surface area contributed by atoms with E-state index >= 15 is 0 Å². The topological polar surface area (TPSA) is 66.9 Å². The van der Waals surface area contributed by atoms with Crippen LogP contribution in [0.25, 0.3) is 0 Å². The number of hydrogen-bond acceptors (Lipinski definition) is 4. The molecule has 1 amide bonds. The summed E-state index contributed by atoms with van der Waals surface area (Å²) in [5.41, 5.74) is 1.25. The molecule has 2 aliphatic rings. The number of amides is 1. The van der Waals surface area contributed by atoms with E-state index < -0.39 is 10.0 Å². The summed E-state index contributed by atoms with van der Waals surface area (Å²) in [4.78, 5) is 15.5. The van der Waals surface area contributed by atoms with Gasteiger partial charge in [0.15, 0.2) is 0 Å². The molecule has 1 saturated heterocycles. The summed E-state index contributed by atoms with van der Waals surface area (Å²) < 4.78 is 32.8. The van der Waals surface area contributed by atoms with Gasteiger partial charge in [-0.05, 0) is 49.4 Å². The Balaban J connectivity index is 1.65. The molecule has 1 aliphatic heterocycles. The Hall–Kier alpha value is -1.93. The number of rotatable bonds is 7. The molecule has 2 aromatic carbocycles. The zero-order valence-electron chi connectivity index (χ0n) is 17.5. The van der Waals surface area contributed by atoms with Gasteiger partial charge in [-0.2, -0.15) is 4.31 Å². The van der Waals surface area contributed by atoms with Gasteiger partial charge in [0.05, 0.1) is 28.7 Å². The van der Waals surface area contributed by atoms with E-state index in [2.05, 4.69) is 6.92 Å². The van der Waals surface area contributed by atoms with Crippen molar-refractivity contribution >= 4 is 27.5 Å². The summed E-state index contributed by atoms with van der Waals surface area (Å²) in [7, 11) is -3.72. The lowest BCUT2D eigenvalue weighted by molar-refractivity contribution is 0.0654. The van der Waals surface area contributed by atoms with Gasteiger partial charge in [0, 0.05) is 25.7 Å². The van der Waals surface area contributed by atoms with Crippen LogP contribution in [-0.4, -0.2) is 55.9 Å². The molecule has 31 heavy (non-hydrogen) atoms. The van der Waals surface area contributed by atoms with Crippen molar-refractivity contribution in [1.29, 1.82) is 0 Å². The second kappa shape index (κ2) is 9.28. The van der Waals surface area contributed by atoms with E-state index in [1.54, 1.807) is 0 Å². The van der Waals surface area contributed by atoms with E-state index in [0.29, 0.717) is 38.8 Å². The minimum absolute atomic E-state index is 0.0447. The Morgan fingerprint density at radius 1 is 1.16 bits per heavy atom. The molecule has 6 nitrogen and oxygen atoms in total. The van der Waals surface area contributed by atoms with Crippen molar-refractivity contribution in [3.05, 3.63) is 64.7 Å². The van der Waals surface area contributed by atoms with Gasteiger partial charge in [0.25, 0.3) is 5.91 Å². The average molecular weight is 463 g/mol. The predicted molar refractivity (Wildman–Crippen MR) is 120 cm³/mol. The molecular formula is C23H27ClN2O4S. The van der Waals surface area contributed by atoms with Gasteiger partial charge in [-0.1, -0.05) is 41.9 Å². The smallest absolute Gasteiger partial charge is 0.255 e. The molecule has 0 N–H and O–H groups in total. The fraction of sp³-hybridized carbons (Fsp3) is 0.435. The molecule has 0 bridgehead atoms. The van der Waals surface area contributed by atoms with E-state index in [0.717, 1.165) is 18.4 Å². The third-order valence-electron chi connectivity index (χ3n) is 6.03. The largest absolute Gasteiger partial charge is 0.379 e. The lowest BCUT2D eigenvalue weighted by atomic mass is 10.1. The number of carbonyl (C=O) groups is 1. The monoisotopic (exact) mass is 462 g/mol. The van der Waals surface area contributed by atoms with Gasteiger partial charge >= 0.3 is 0 Å². The summed E-state index contributed by atoms with van der Waals surface area (Å²) in [6.45, 7) is 3.83. The van der Waals surface area contributed by atoms with Crippen LogP contribution in [0, 0.1) is 5.92 Å². The van der Waals surface area contributed by atoms with Gasteiger partial charge in [0.2, 0.25) is 10.0 Å². The quantitative estimate of drug-likeness (QED) is 0.627. The normalized spacial score (nSPS) is 18.5. The van der Waals surface area contributed by atoms with Crippen molar-refractivity contribution in [3.8, 4) is 0 Å². The number of nitrogens with zero attached hydrogens (tertiary/aromatic N) is 2. The Bertz CT molecular complexity index is 1030. The highest BCUT2D eigenvalue weighted by atomic mass is 35.5. The van der Waals surface area contributed by atoms with Crippen molar-refractivity contribution in [2.24, 2.45) is 5.92 Å². The van der Waals surface area contributed by atoms with Crippen LogP contribution in [0.5, 0.6) is 0 Å². The van der Waals surface area contributed by atoms with E-state index in [1.807, 2.05) is 35.2 Å². The average Bonchev–Trinajstić information content (AvgIpc) is 3.64. The number of halogens is 1. The Kier molecular flexibility index (Phi) is 6.67. The fourth-order valence-electron chi connectivity index (χ4n) is 3.93. The molecule has 8 heteroatoms. The van der Waals surface area contributed by atoms with Crippen LogP contribution in [0.1, 0.15) is 35.7 Å². The highest BCUT2D eigenvalue weighted by molar-refractivity contribution is 7.89. The number of carbonyl (C=O) groups excluding carboxylic acids is 1. The van der Waals surface area contributed by atoms with Crippen LogP contribution in [-0.2, 0) is 21.3 Å². The molecular weight excluding hydrogens is 436 g/mol. The first kappa shape index (κ1) is 22.3. The van der Waals surface area contributed by atoms with Crippen molar-refractivity contribution < 1.29 is 17.9 Å². The van der Waals surface area contributed by atoms with Gasteiger partial charge in [-0.15, -0.1) is 0 Å². The minimum Gasteiger partial charge on any atom is -0.379 e. The Labute approximate surface area is 188 Å². The molecule has 4 rings (SSSR count). The Morgan fingerprint density at radius 2 is 1.84 bits per heavy atom. The molecule has 1 heterocycles. The maximum atomic E-state index is 13.6. The SMILES string of the molecule is CC(C1CC1)N(Cc1ccccc1)C(=O)c1cc(S(=O)(=O)N2CCOCC2)ccc1Cl. The van der Waals surface area contributed by atoms with Gasteiger partial charge < -0.3 is 9.64 Å². The van der Waals surface area contributed by atoms with Gasteiger partial charge in [-0.3, -0.25) is 4.79 Å². The highest BCUT2D eigenvalue weighted by Gasteiger charge is 2.36. The molecule has 1 unspecified atom stereocenters. The second-order valence-electron chi connectivity index (χ2n) is 8.15. The number of sulfonamides is 1. The van der Waals surface area contributed by atoms with Crippen LogP contribution in [0.3, 0.4) is 0 Å². The first-order valence-electron chi connectivity index (χ1n) is 10.6. The number of morpholine rings is 1. The maximum Gasteiger partial charge on any atom is 0.255 e. The predicted octanol–water partition coefficient (Wildman–Crippen LogP) is 3.80. The maximum absolute atomic E-state index is 13.6. The molecule has 2 aromatic rings. The summed E-state index contributed by atoms with van der Waals surface area (Å²) in [5.74, 6) is 0.221. The molecule has 166 valence electrons. The first-order chi connectivity index (χ1) is 14.9. The third-order valence-corrected chi connectivity index (χ3v) is 8.25. The zero-order chi connectivity index (χ0) is 22.0.